The molecule has 0 aliphatic carbocycles. The Kier molecular flexibility index (Phi) is 5.00. The number of quaternary nitrogens is 2. The zero-order valence-electron chi connectivity index (χ0n) is 14.9. The third kappa shape index (κ3) is 3.79. The van der Waals surface area contributed by atoms with Gasteiger partial charge in [-0.05, 0) is 24.3 Å². The van der Waals surface area contributed by atoms with Gasteiger partial charge >= 0.3 is 0 Å². The highest BCUT2D eigenvalue weighted by atomic mass is 16.3. The third-order valence-corrected chi connectivity index (χ3v) is 5.36. The minimum Gasteiger partial charge on any atom is -0.508 e. The van der Waals surface area contributed by atoms with Gasteiger partial charge < -0.3 is 5.11 Å². The first-order valence-electron chi connectivity index (χ1n) is 9.35. The average molecular weight is 346 g/mol. The Hall–Kier alpha value is -2.62. The molecule has 0 saturated carbocycles. The van der Waals surface area contributed by atoms with Crippen molar-refractivity contribution in [2.24, 2.45) is 0 Å². The lowest BCUT2D eigenvalue weighted by atomic mass is 10.1. The van der Waals surface area contributed by atoms with Crippen molar-refractivity contribution in [2.75, 3.05) is 13.1 Å². The van der Waals surface area contributed by atoms with Gasteiger partial charge in [0.25, 0.3) is 0 Å². The van der Waals surface area contributed by atoms with Crippen molar-refractivity contribution >= 4 is 0 Å². The predicted octanol–water partition coefficient (Wildman–Crippen LogP) is 1.57. The molecule has 1 saturated heterocycles. The smallest absolute Gasteiger partial charge is 0.241 e. The Morgan fingerprint density at radius 3 is 1.58 bits per heavy atom. The number of phenolic OH excluding ortho intramolecular Hbond substituents is 1. The summed E-state index contributed by atoms with van der Waals surface area (Å²) < 4.78 is 0. The standard InChI is InChI=1S/C23H24N2O/c26-22-13-11-21(12-14-22)23-24(17-19-7-3-1-4-8-19)15-16-25(23)18-20-9-5-2-6-10-20/h1-14,23,26H,15-18H2/p+2. The Morgan fingerprint density at radius 2 is 1.12 bits per heavy atom. The molecule has 3 aromatic rings. The number of nitrogens with one attached hydrogen (secondary N) is 2. The van der Waals surface area contributed by atoms with Gasteiger partial charge in [0.1, 0.15) is 31.9 Å². The molecule has 3 heteroatoms. The highest BCUT2D eigenvalue weighted by molar-refractivity contribution is 5.26. The van der Waals surface area contributed by atoms with Crippen molar-refractivity contribution < 1.29 is 14.9 Å². The Bertz CT molecular complexity index is 768. The normalized spacial score (nSPS) is 22.4. The molecule has 0 amide bonds. The topological polar surface area (TPSA) is 29.1 Å². The number of hydrogen-bond donors (Lipinski definition) is 3. The van der Waals surface area contributed by atoms with E-state index in [1.54, 1.807) is 9.80 Å². The van der Waals surface area contributed by atoms with Crippen molar-refractivity contribution in [3.63, 3.8) is 0 Å². The van der Waals surface area contributed by atoms with Crippen LogP contribution in [-0.2, 0) is 13.1 Å². The molecule has 3 nitrogen and oxygen atoms in total. The monoisotopic (exact) mass is 346 g/mol. The number of benzene rings is 3. The summed E-state index contributed by atoms with van der Waals surface area (Å²) in [6.45, 7) is 4.38. The highest BCUT2D eigenvalue weighted by Gasteiger charge is 2.40. The van der Waals surface area contributed by atoms with E-state index in [1.165, 1.54) is 16.7 Å². The van der Waals surface area contributed by atoms with Gasteiger partial charge in [-0.1, -0.05) is 60.7 Å². The second kappa shape index (κ2) is 7.73. The molecule has 4 rings (SSSR count). The fourth-order valence-corrected chi connectivity index (χ4v) is 4.13. The molecule has 0 spiro atoms. The summed E-state index contributed by atoms with van der Waals surface area (Å²) in [5.74, 6) is 0.334. The van der Waals surface area contributed by atoms with Crippen molar-refractivity contribution in [1.82, 2.24) is 0 Å². The first-order valence-corrected chi connectivity index (χ1v) is 9.35. The number of aromatic hydroxyl groups is 1. The number of phenols is 1. The van der Waals surface area contributed by atoms with Crippen LogP contribution >= 0.6 is 0 Å². The summed E-state index contributed by atoms with van der Waals surface area (Å²) >= 11 is 0. The fraction of sp³-hybridized carbons (Fsp3) is 0.217. The second-order valence-electron chi connectivity index (χ2n) is 7.17. The van der Waals surface area contributed by atoms with Crippen molar-refractivity contribution in [2.45, 2.75) is 19.3 Å². The van der Waals surface area contributed by atoms with E-state index in [9.17, 15) is 5.11 Å². The molecule has 26 heavy (non-hydrogen) atoms. The molecule has 2 unspecified atom stereocenters. The van der Waals surface area contributed by atoms with Gasteiger partial charge in [0.2, 0.25) is 6.17 Å². The van der Waals surface area contributed by atoms with E-state index < -0.39 is 0 Å². The van der Waals surface area contributed by atoms with E-state index in [2.05, 4.69) is 72.8 Å². The van der Waals surface area contributed by atoms with Crippen molar-refractivity contribution in [3.05, 3.63) is 102 Å². The van der Waals surface area contributed by atoms with Crippen LogP contribution in [0.4, 0.5) is 0 Å². The molecule has 1 heterocycles. The van der Waals surface area contributed by atoms with Crippen LogP contribution in [-0.4, -0.2) is 18.2 Å². The third-order valence-electron chi connectivity index (χ3n) is 5.36. The van der Waals surface area contributed by atoms with Crippen LogP contribution in [0.25, 0.3) is 0 Å². The maximum atomic E-state index is 9.69. The highest BCUT2D eigenvalue weighted by Crippen LogP contribution is 2.14. The Labute approximate surface area is 155 Å². The summed E-state index contributed by atoms with van der Waals surface area (Å²) in [6, 6.07) is 29.3. The SMILES string of the molecule is Oc1ccc(C2[NH+](Cc3ccccc3)CC[NH+]2Cc2ccccc2)cc1. The van der Waals surface area contributed by atoms with Crippen LogP contribution in [0, 0.1) is 0 Å². The number of rotatable bonds is 5. The lowest BCUT2D eigenvalue weighted by molar-refractivity contribution is -1.09. The van der Waals surface area contributed by atoms with E-state index in [1.807, 2.05) is 12.1 Å². The fourth-order valence-electron chi connectivity index (χ4n) is 4.13. The van der Waals surface area contributed by atoms with E-state index in [0.717, 1.165) is 26.2 Å². The second-order valence-corrected chi connectivity index (χ2v) is 7.17. The van der Waals surface area contributed by atoms with Gasteiger partial charge in [0, 0.05) is 11.1 Å². The van der Waals surface area contributed by atoms with E-state index in [0.29, 0.717) is 11.9 Å². The van der Waals surface area contributed by atoms with Crippen LogP contribution in [0.2, 0.25) is 0 Å². The molecular weight excluding hydrogens is 320 g/mol. The zero-order chi connectivity index (χ0) is 17.8. The maximum absolute atomic E-state index is 9.69. The van der Waals surface area contributed by atoms with E-state index in [-0.39, 0.29) is 0 Å². The van der Waals surface area contributed by atoms with E-state index >= 15 is 0 Å². The lowest BCUT2D eigenvalue weighted by Crippen LogP contribution is -3.22. The summed E-state index contributed by atoms with van der Waals surface area (Å²) in [4.78, 5) is 3.18. The molecule has 0 aromatic heterocycles. The number of hydrogen-bond acceptors (Lipinski definition) is 1. The molecule has 1 fully saturated rings. The molecule has 0 radical (unpaired) electrons. The van der Waals surface area contributed by atoms with Crippen molar-refractivity contribution in [1.29, 1.82) is 0 Å². The molecular formula is C23H26N2O+2. The average Bonchev–Trinajstić information content (AvgIpc) is 3.06. The largest absolute Gasteiger partial charge is 0.508 e. The van der Waals surface area contributed by atoms with Crippen LogP contribution in [0.1, 0.15) is 22.9 Å². The van der Waals surface area contributed by atoms with Gasteiger partial charge in [-0.3, -0.25) is 9.80 Å². The lowest BCUT2D eigenvalue weighted by Gasteiger charge is -2.25. The van der Waals surface area contributed by atoms with Gasteiger partial charge in [0.05, 0.1) is 5.56 Å². The van der Waals surface area contributed by atoms with E-state index in [4.69, 9.17) is 0 Å². The summed E-state index contributed by atoms with van der Waals surface area (Å²) in [5.41, 5.74) is 4.07. The first kappa shape index (κ1) is 16.8. The van der Waals surface area contributed by atoms with Gasteiger partial charge in [-0.2, -0.15) is 0 Å². The van der Waals surface area contributed by atoms with Gasteiger partial charge in [0.15, 0.2) is 0 Å². The zero-order valence-corrected chi connectivity index (χ0v) is 14.9. The Morgan fingerprint density at radius 1 is 0.654 bits per heavy atom. The molecule has 1 aliphatic heterocycles. The van der Waals surface area contributed by atoms with Gasteiger partial charge in [-0.15, -0.1) is 0 Å². The summed E-state index contributed by atoms with van der Waals surface area (Å²) in [5, 5.41) is 9.69. The molecule has 3 aromatic carbocycles. The molecule has 0 bridgehead atoms. The van der Waals surface area contributed by atoms with Crippen LogP contribution in [0.3, 0.4) is 0 Å². The maximum Gasteiger partial charge on any atom is 0.241 e. The quantitative estimate of drug-likeness (QED) is 0.643. The van der Waals surface area contributed by atoms with Crippen LogP contribution in [0.15, 0.2) is 84.9 Å². The summed E-state index contributed by atoms with van der Waals surface area (Å²) in [6.07, 6.45) is 0.385. The Balaban J connectivity index is 1.60. The van der Waals surface area contributed by atoms with Gasteiger partial charge in [-0.25, -0.2) is 0 Å². The molecule has 3 N–H and O–H groups in total. The van der Waals surface area contributed by atoms with Crippen LogP contribution < -0.4 is 9.80 Å². The molecule has 132 valence electrons. The van der Waals surface area contributed by atoms with Crippen LogP contribution in [0.5, 0.6) is 5.75 Å². The predicted molar refractivity (Wildman–Crippen MR) is 103 cm³/mol. The van der Waals surface area contributed by atoms with Crippen molar-refractivity contribution in [3.8, 4) is 5.75 Å². The molecule has 1 aliphatic rings. The molecule has 2 atom stereocenters. The first-order chi connectivity index (χ1) is 12.8. The summed E-state index contributed by atoms with van der Waals surface area (Å²) in [7, 11) is 0. The minimum atomic E-state index is 0.334. The minimum absolute atomic E-state index is 0.334.